The summed E-state index contributed by atoms with van der Waals surface area (Å²) in [7, 11) is 0. The first-order chi connectivity index (χ1) is 17.0. The van der Waals surface area contributed by atoms with Crippen LogP contribution in [0.4, 0.5) is 17.1 Å². The first kappa shape index (κ1) is 23.6. The molecule has 0 spiro atoms. The molecule has 2 N–H and O–H groups in total. The highest BCUT2D eigenvalue weighted by Gasteiger charge is 2.35. The minimum absolute atomic E-state index is 0.229. The Bertz CT molecular complexity index is 1200. The zero-order valence-corrected chi connectivity index (χ0v) is 18.8. The van der Waals surface area contributed by atoms with Gasteiger partial charge in [0.25, 0.3) is 11.4 Å². The molecule has 0 saturated carbocycles. The van der Waals surface area contributed by atoms with E-state index in [4.69, 9.17) is 0 Å². The van der Waals surface area contributed by atoms with Gasteiger partial charge < -0.3 is 5.32 Å². The molecule has 0 unspecified atom stereocenters. The number of nitrogens with one attached hydrogen (secondary N) is 2. The van der Waals surface area contributed by atoms with Crippen molar-refractivity contribution < 1.29 is 9.85 Å². The molecule has 0 aromatic heterocycles. The Morgan fingerprint density at radius 1 is 0.629 bits per heavy atom. The molecule has 176 valence electrons. The van der Waals surface area contributed by atoms with Crippen LogP contribution >= 0.6 is 0 Å². The van der Waals surface area contributed by atoms with E-state index in [0.29, 0.717) is 13.1 Å². The van der Waals surface area contributed by atoms with Crippen molar-refractivity contribution in [2.24, 2.45) is 0 Å². The molecule has 0 saturated heterocycles. The van der Waals surface area contributed by atoms with Crippen molar-refractivity contribution >= 4 is 17.1 Å². The van der Waals surface area contributed by atoms with Crippen LogP contribution in [0.2, 0.25) is 0 Å². The average Bonchev–Trinajstić information content (AvgIpc) is 2.90. The van der Waals surface area contributed by atoms with Crippen LogP contribution in [0.15, 0.2) is 109 Å². The number of rotatable bonds is 10. The van der Waals surface area contributed by atoms with Gasteiger partial charge in [-0.15, -0.1) is 0 Å². The summed E-state index contributed by atoms with van der Waals surface area (Å²) in [5, 5.41) is 29.2. The fourth-order valence-electron chi connectivity index (χ4n) is 4.25. The molecule has 0 amide bonds. The summed E-state index contributed by atoms with van der Waals surface area (Å²) in [5.41, 5.74) is 2.08. The van der Waals surface area contributed by atoms with E-state index in [1.165, 1.54) is 12.1 Å². The third-order valence-electron chi connectivity index (χ3n) is 5.84. The number of nitro benzene ring substituents is 2. The topological polar surface area (TPSA) is 110 Å². The minimum atomic E-state index is -0.660. The average molecular weight is 469 g/mol. The molecule has 0 atom stereocenters. The monoisotopic (exact) mass is 468 g/mol. The largest absolute Gasteiger partial charge is 0.378 e. The second-order valence-corrected chi connectivity index (χ2v) is 7.92. The molecule has 0 heterocycles. The van der Waals surface area contributed by atoms with Crippen LogP contribution < -0.4 is 10.6 Å². The van der Waals surface area contributed by atoms with Crippen LogP contribution in [0.25, 0.3) is 0 Å². The summed E-state index contributed by atoms with van der Waals surface area (Å²) in [4.78, 5) is 21.2. The first-order valence-electron chi connectivity index (χ1n) is 11.1. The Balaban J connectivity index is 1.65. The van der Waals surface area contributed by atoms with Gasteiger partial charge in [0.15, 0.2) is 0 Å². The molecular formula is C27H24N4O4. The molecule has 8 heteroatoms. The molecule has 0 fully saturated rings. The van der Waals surface area contributed by atoms with E-state index >= 15 is 0 Å². The van der Waals surface area contributed by atoms with Gasteiger partial charge in [0.1, 0.15) is 5.69 Å². The Morgan fingerprint density at radius 2 is 1.11 bits per heavy atom. The molecule has 4 rings (SSSR count). The standard InChI is InChI=1S/C27H24N4O4/c32-30(33)24-16-17-25(26(20-24)31(34)35)28-18-19-29-27(21-10-4-1-5-11-21,22-12-6-2-7-13-22)23-14-8-3-9-15-23/h1-17,20,28-29H,18-19H2. The lowest BCUT2D eigenvalue weighted by Crippen LogP contribution is -2.46. The maximum atomic E-state index is 11.5. The summed E-state index contributed by atoms with van der Waals surface area (Å²) in [5.74, 6) is 0. The second-order valence-electron chi connectivity index (χ2n) is 7.92. The van der Waals surface area contributed by atoms with E-state index < -0.39 is 15.4 Å². The van der Waals surface area contributed by atoms with Gasteiger partial charge in [0.2, 0.25) is 0 Å². The van der Waals surface area contributed by atoms with Crippen LogP contribution in [0.3, 0.4) is 0 Å². The van der Waals surface area contributed by atoms with Gasteiger partial charge in [0, 0.05) is 19.2 Å². The highest BCUT2D eigenvalue weighted by atomic mass is 16.6. The van der Waals surface area contributed by atoms with E-state index in [0.717, 1.165) is 22.8 Å². The molecule has 0 aliphatic heterocycles. The molecule has 0 aliphatic rings. The van der Waals surface area contributed by atoms with Crippen molar-refractivity contribution in [2.75, 3.05) is 18.4 Å². The van der Waals surface area contributed by atoms with Gasteiger partial charge in [0.05, 0.1) is 21.5 Å². The van der Waals surface area contributed by atoms with Crippen LogP contribution in [0.1, 0.15) is 16.7 Å². The number of hydrogen-bond acceptors (Lipinski definition) is 6. The molecular weight excluding hydrogens is 444 g/mol. The molecule has 8 nitrogen and oxygen atoms in total. The van der Waals surface area contributed by atoms with Gasteiger partial charge in [-0.3, -0.25) is 25.5 Å². The number of hydrogen-bond donors (Lipinski definition) is 2. The minimum Gasteiger partial charge on any atom is -0.378 e. The van der Waals surface area contributed by atoms with Gasteiger partial charge in [-0.2, -0.15) is 0 Å². The maximum absolute atomic E-state index is 11.5. The lowest BCUT2D eigenvalue weighted by molar-refractivity contribution is -0.393. The number of anilines is 1. The second kappa shape index (κ2) is 10.6. The molecule has 0 radical (unpaired) electrons. The lowest BCUT2D eigenvalue weighted by atomic mass is 9.77. The van der Waals surface area contributed by atoms with Crippen molar-refractivity contribution in [3.8, 4) is 0 Å². The number of nitrogens with zero attached hydrogens (tertiary/aromatic N) is 2. The van der Waals surface area contributed by atoms with Crippen molar-refractivity contribution in [3.05, 3.63) is 146 Å². The van der Waals surface area contributed by atoms with Crippen LogP contribution in [-0.2, 0) is 5.54 Å². The van der Waals surface area contributed by atoms with Crippen molar-refractivity contribution in [1.29, 1.82) is 0 Å². The summed E-state index contributed by atoms with van der Waals surface area (Å²) in [6.07, 6.45) is 0. The van der Waals surface area contributed by atoms with Crippen molar-refractivity contribution in [3.63, 3.8) is 0 Å². The first-order valence-corrected chi connectivity index (χ1v) is 11.1. The van der Waals surface area contributed by atoms with E-state index in [2.05, 4.69) is 47.0 Å². The maximum Gasteiger partial charge on any atom is 0.299 e. The molecule has 0 aliphatic carbocycles. The molecule has 0 bridgehead atoms. The van der Waals surface area contributed by atoms with Crippen molar-refractivity contribution in [1.82, 2.24) is 5.32 Å². The predicted octanol–water partition coefficient (Wildman–Crippen LogP) is 5.50. The van der Waals surface area contributed by atoms with E-state index in [1.54, 1.807) is 0 Å². The highest BCUT2D eigenvalue weighted by molar-refractivity contribution is 5.65. The summed E-state index contributed by atoms with van der Waals surface area (Å²) >= 11 is 0. The van der Waals surface area contributed by atoms with E-state index in [1.807, 2.05) is 54.6 Å². The van der Waals surface area contributed by atoms with Crippen molar-refractivity contribution in [2.45, 2.75) is 5.54 Å². The van der Waals surface area contributed by atoms with Gasteiger partial charge in [-0.25, -0.2) is 0 Å². The fraction of sp³-hybridized carbons (Fsp3) is 0.111. The third-order valence-corrected chi connectivity index (χ3v) is 5.84. The Hall–Kier alpha value is -4.56. The SMILES string of the molecule is O=[N+]([O-])c1ccc(NCCNC(c2ccccc2)(c2ccccc2)c2ccccc2)c([N+](=O)[O-])c1. The van der Waals surface area contributed by atoms with E-state index in [9.17, 15) is 20.2 Å². The quantitative estimate of drug-likeness (QED) is 0.138. The zero-order chi connectivity index (χ0) is 24.7. The van der Waals surface area contributed by atoms with E-state index in [-0.39, 0.29) is 17.1 Å². The van der Waals surface area contributed by atoms with Crippen LogP contribution in [0.5, 0.6) is 0 Å². The van der Waals surface area contributed by atoms with Gasteiger partial charge in [-0.05, 0) is 22.8 Å². The molecule has 35 heavy (non-hydrogen) atoms. The number of nitro groups is 2. The van der Waals surface area contributed by atoms with Crippen LogP contribution in [0, 0.1) is 20.2 Å². The van der Waals surface area contributed by atoms with Crippen LogP contribution in [-0.4, -0.2) is 22.9 Å². The summed E-state index contributed by atoms with van der Waals surface area (Å²) in [6, 6.07) is 33.9. The predicted molar refractivity (Wildman–Crippen MR) is 135 cm³/mol. The summed E-state index contributed by atoms with van der Waals surface area (Å²) in [6.45, 7) is 0.805. The normalized spacial score (nSPS) is 11.1. The highest BCUT2D eigenvalue weighted by Crippen LogP contribution is 2.36. The van der Waals surface area contributed by atoms with Gasteiger partial charge >= 0.3 is 0 Å². The number of non-ortho nitro benzene ring substituents is 1. The molecule has 4 aromatic carbocycles. The fourth-order valence-corrected chi connectivity index (χ4v) is 4.25. The third kappa shape index (κ3) is 5.02. The molecule has 4 aromatic rings. The summed E-state index contributed by atoms with van der Waals surface area (Å²) < 4.78 is 0. The Labute approximate surface area is 202 Å². The zero-order valence-electron chi connectivity index (χ0n) is 18.8. The Kier molecular flexibility index (Phi) is 7.13. The smallest absolute Gasteiger partial charge is 0.299 e. The lowest BCUT2D eigenvalue weighted by Gasteiger charge is -2.37. The van der Waals surface area contributed by atoms with Gasteiger partial charge in [-0.1, -0.05) is 91.0 Å². The Morgan fingerprint density at radius 3 is 1.54 bits per heavy atom. The number of benzene rings is 4.